The van der Waals surface area contributed by atoms with Crippen LogP contribution in [-0.4, -0.2) is 19.9 Å². The average molecular weight is 255 g/mol. The highest BCUT2D eigenvalue weighted by Crippen LogP contribution is 2.26. The highest BCUT2D eigenvalue weighted by Gasteiger charge is 2.04. The molecule has 0 aliphatic carbocycles. The Labute approximate surface area is 113 Å². The minimum atomic E-state index is 0.567. The van der Waals surface area contributed by atoms with Crippen LogP contribution in [0.3, 0.4) is 0 Å². The average Bonchev–Trinajstić information content (AvgIpc) is 2.48. The molecule has 2 aromatic carbocycles. The Kier molecular flexibility index (Phi) is 4.56. The fourth-order valence-electron chi connectivity index (χ4n) is 1.83. The van der Waals surface area contributed by atoms with Crippen molar-refractivity contribution in [2.45, 2.75) is 6.92 Å². The molecule has 19 heavy (non-hydrogen) atoms. The number of nitrogens with zero attached hydrogens (tertiary/aromatic N) is 1. The van der Waals surface area contributed by atoms with E-state index in [9.17, 15) is 0 Å². The van der Waals surface area contributed by atoms with E-state index in [0.29, 0.717) is 6.61 Å². The second kappa shape index (κ2) is 6.59. The number of oxime groups is 1. The molecular weight excluding hydrogens is 238 g/mol. The van der Waals surface area contributed by atoms with Gasteiger partial charge in [-0.3, -0.25) is 0 Å². The van der Waals surface area contributed by atoms with Crippen LogP contribution in [0.4, 0.5) is 0 Å². The molecule has 0 amide bonds. The van der Waals surface area contributed by atoms with Gasteiger partial charge in [-0.2, -0.15) is 0 Å². The first-order valence-electron chi connectivity index (χ1n) is 6.24. The highest BCUT2D eigenvalue weighted by atomic mass is 16.6. The van der Waals surface area contributed by atoms with Gasteiger partial charge in [-0.25, -0.2) is 0 Å². The number of methoxy groups -OCH3 is 1. The van der Waals surface area contributed by atoms with Crippen molar-refractivity contribution in [2.24, 2.45) is 5.16 Å². The van der Waals surface area contributed by atoms with Gasteiger partial charge in [-0.15, -0.1) is 0 Å². The van der Waals surface area contributed by atoms with Crippen molar-refractivity contribution in [2.75, 3.05) is 13.7 Å². The van der Waals surface area contributed by atoms with E-state index in [1.165, 1.54) is 0 Å². The predicted octanol–water partition coefficient (Wildman–Crippen LogP) is 3.73. The topological polar surface area (TPSA) is 30.8 Å². The van der Waals surface area contributed by atoms with Crippen LogP contribution in [-0.2, 0) is 4.84 Å². The van der Waals surface area contributed by atoms with Crippen LogP contribution in [0.15, 0.2) is 53.7 Å². The fourth-order valence-corrected chi connectivity index (χ4v) is 1.83. The quantitative estimate of drug-likeness (QED) is 0.602. The molecule has 0 aromatic heterocycles. The Balaban J connectivity index is 2.38. The standard InChI is InChI=1S/C16H17NO2/c1-3-19-17-12-14-7-4-5-10-16(14)13-8-6-9-15(11-13)18-2/h4-12H,3H2,1-2H3/b17-12+. The third-order valence-corrected chi connectivity index (χ3v) is 2.74. The van der Waals surface area contributed by atoms with Gasteiger partial charge in [0, 0.05) is 5.56 Å². The summed E-state index contributed by atoms with van der Waals surface area (Å²) in [6.07, 6.45) is 1.73. The molecule has 0 atom stereocenters. The maximum absolute atomic E-state index is 5.26. The summed E-state index contributed by atoms with van der Waals surface area (Å²) in [5.41, 5.74) is 3.21. The van der Waals surface area contributed by atoms with Crippen molar-refractivity contribution in [3.8, 4) is 16.9 Å². The van der Waals surface area contributed by atoms with Gasteiger partial charge < -0.3 is 9.57 Å². The summed E-state index contributed by atoms with van der Waals surface area (Å²) < 4.78 is 5.26. The van der Waals surface area contributed by atoms with E-state index < -0.39 is 0 Å². The van der Waals surface area contributed by atoms with E-state index in [1.54, 1.807) is 13.3 Å². The van der Waals surface area contributed by atoms with Crippen LogP contribution < -0.4 is 4.74 Å². The number of hydrogen-bond acceptors (Lipinski definition) is 3. The summed E-state index contributed by atoms with van der Waals surface area (Å²) in [6, 6.07) is 16.0. The molecule has 3 heteroatoms. The molecule has 0 N–H and O–H groups in total. The van der Waals surface area contributed by atoms with Gasteiger partial charge in [-0.05, 0) is 30.2 Å². The van der Waals surface area contributed by atoms with Gasteiger partial charge in [0.1, 0.15) is 12.4 Å². The Morgan fingerprint density at radius 2 is 1.95 bits per heavy atom. The number of rotatable bonds is 5. The summed E-state index contributed by atoms with van der Waals surface area (Å²) in [7, 11) is 1.67. The molecule has 0 aliphatic rings. The smallest absolute Gasteiger partial charge is 0.119 e. The van der Waals surface area contributed by atoms with Gasteiger partial charge >= 0.3 is 0 Å². The Bertz CT molecular complexity index is 564. The lowest BCUT2D eigenvalue weighted by Crippen LogP contribution is -1.90. The molecule has 0 radical (unpaired) electrons. The van der Waals surface area contributed by atoms with E-state index in [-0.39, 0.29) is 0 Å². The van der Waals surface area contributed by atoms with Crippen molar-refractivity contribution in [3.63, 3.8) is 0 Å². The monoisotopic (exact) mass is 255 g/mol. The van der Waals surface area contributed by atoms with Crippen LogP contribution in [0.2, 0.25) is 0 Å². The minimum Gasteiger partial charge on any atom is -0.497 e. The van der Waals surface area contributed by atoms with Crippen LogP contribution in [0.5, 0.6) is 5.75 Å². The first-order chi connectivity index (χ1) is 9.35. The molecule has 0 heterocycles. The molecule has 3 nitrogen and oxygen atoms in total. The first-order valence-corrected chi connectivity index (χ1v) is 6.24. The molecule has 0 bridgehead atoms. The highest BCUT2D eigenvalue weighted by molar-refractivity contribution is 5.90. The SMILES string of the molecule is CCO/N=C/c1ccccc1-c1cccc(OC)c1. The van der Waals surface area contributed by atoms with Crippen molar-refractivity contribution in [3.05, 3.63) is 54.1 Å². The maximum atomic E-state index is 5.26. The minimum absolute atomic E-state index is 0.567. The van der Waals surface area contributed by atoms with Crippen molar-refractivity contribution in [1.82, 2.24) is 0 Å². The van der Waals surface area contributed by atoms with Crippen molar-refractivity contribution in [1.29, 1.82) is 0 Å². The van der Waals surface area contributed by atoms with E-state index in [2.05, 4.69) is 17.3 Å². The van der Waals surface area contributed by atoms with Gasteiger partial charge in [0.2, 0.25) is 0 Å². The van der Waals surface area contributed by atoms with Gasteiger partial charge in [-0.1, -0.05) is 41.6 Å². The zero-order valence-corrected chi connectivity index (χ0v) is 11.2. The third kappa shape index (κ3) is 3.35. The molecule has 0 saturated carbocycles. The van der Waals surface area contributed by atoms with E-state index >= 15 is 0 Å². The molecule has 0 saturated heterocycles. The van der Waals surface area contributed by atoms with E-state index in [1.807, 2.05) is 43.3 Å². The van der Waals surface area contributed by atoms with Crippen LogP contribution >= 0.6 is 0 Å². The number of hydrogen-bond donors (Lipinski definition) is 0. The number of ether oxygens (including phenoxy) is 1. The second-order valence-electron chi connectivity index (χ2n) is 3.97. The molecular formula is C16H17NO2. The van der Waals surface area contributed by atoms with E-state index in [0.717, 1.165) is 22.4 Å². The second-order valence-corrected chi connectivity index (χ2v) is 3.97. The maximum Gasteiger partial charge on any atom is 0.119 e. The normalized spacial score (nSPS) is 10.6. The van der Waals surface area contributed by atoms with Crippen LogP contribution in [0, 0.1) is 0 Å². The summed E-state index contributed by atoms with van der Waals surface area (Å²) in [5, 5.41) is 3.93. The molecule has 0 fully saturated rings. The van der Waals surface area contributed by atoms with Crippen LogP contribution in [0.25, 0.3) is 11.1 Å². The molecule has 2 rings (SSSR count). The zero-order valence-electron chi connectivity index (χ0n) is 11.2. The van der Waals surface area contributed by atoms with Crippen LogP contribution in [0.1, 0.15) is 12.5 Å². The summed E-state index contributed by atoms with van der Waals surface area (Å²) in [5.74, 6) is 0.842. The lowest BCUT2D eigenvalue weighted by atomic mass is 10.0. The van der Waals surface area contributed by atoms with E-state index in [4.69, 9.17) is 9.57 Å². The fraction of sp³-hybridized carbons (Fsp3) is 0.188. The largest absolute Gasteiger partial charge is 0.497 e. The first kappa shape index (κ1) is 13.1. The Hall–Kier alpha value is -2.29. The number of benzene rings is 2. The zero-order chi connectivity index (χ0) is 13.5. The van der Waals surface area contributed by atoms with Crippen molar-refractivity contribution < 1.29 is 9.57 Å². The molecule has 2 aromatic rings. The Morgan fingerprint density at radius 1 is 1.11 bits per heavy atom. The molecule has 98 valence electrons. The third-order valence-electron chi connectivity index (χ3n) is 2.74. The summed E-state index contributed by atoms with van der Waals surface area (Å²) in [6.45, 7) is 2.48. The van der Waals surface area contributed by atoms with Gasteiger partial charge in [0.05, 0.1) is 13.3 Å². The predicted molar refractivity (Wildman–Crippen MR) is 77.7 cm³/mol. The summed E-state index contributed by atoms with van der Waals surface area (Å²) >= 11 is 0. The van der Waals surface area contributed by atoms with Gasteiger partial charge in [0.25, 0.3) is 0 Å². The molecule has 0 aliphatic heterocycles. The summed E-state index contributed by atoms with van der Waals surface area (Å²) in [4.78, 5) is 5.02. The molecule has 0 spiro atoms. The lowest BCUT2D eigenvalue weighted by molar-refractivity contribution is 0.160. The van der Waals surface area contributed by atoms with Gasteiger partial charge in [0.15, 0.2) is 0 Å². The lowest BCUT2D eigenvalue weighted by Gasteiger charge is -2.07. The van der Waals surface area contributed by atoms with Crippen molar-refractivity contribution >= 4 is 6.21 Å². The Morgan fingerprint density at radius 3 is 2.74 bits per heavy atom. The molecule has 0 unspecified atom stereocenters.